The zero-order chi connectivity index (χ0) is 23.6. The Bertz CT molecular complexity index is 1100. The molecule has 0 unspecified atom stereocenters. The quantitative estimate of drug-likeness (QED) is 0.537. The number of benzene rings is 2. The van der Waals surface area contributed by atoms with Gasteiger partial charge in [0.05, 0.1) is 13.0 Å². The highest BCUT2D eigenvalue weighted by Gasteiger charge is 2.37. The van der Waals surface area contributed by atoms with Gasteiger partial charge in [-0.25, -0.2) is 0 Å². The number of phenols is 3. The van der Waals surface area contributed by atoms with E-state index in [0.29, 0.717) is 35.3 Å². The van der Waals surface area contributed by atoms with Gasteiger partial charge in [-0.2, -0.15) is 0 Å². The zero-order valence-electron chi connectivity index (χ0n) is 19.2. The topological polar surface area (TPSA) is 96.2 Å². The zero-order valence-corrected chi connectivity index (χ0v) is 19.2. The van der Waals surface area contributed by atoms with Gasteiger partial charge in [0.1, 0.15) is 40.9 Å². The van der Waals surface area contributed by atoms with Crippen molar-refractivity contribution in [2.75, 3.05) is 13.7 Å². The van der Waals surface area contributed by atoms with E-state index in [-0.39, 0.29) is 41.0 Å². The molecular formula is C26H30O6. The van der Waals surface area contributed by atoms with Crippen LogP contribution in [-0.2, 0) is 12.8 Å². The molecular weight excluding hydrogens is 408 g/mol. The van der Waals surface area contributed by atoms with Gasteiger partial charge >= 0.3 is 0 Å². The van der Waals surface area contributed by atoms with Gasteiger partial charge in [-0.3, -0.25) is 4.79 Å². The van der Waals surface area contributed by atoms with Gasteiger partial charge in [0.2, 0.25) is 0 Å². The van der Waals surface area contributed by atoms with Crippen molar-refractivity contribution in [1.82, 2.24) is 0 Å². The Morgan fingerprint density at radius 1 is 1.00 bits per heavy atom. The third kappa shape index (κ3) is 4.44. The van der Waals surface area contributed by atoms with E-state index in [1.165, 1.54) is 13.2 Å². The number of Topliss-reactive ketones (excluding diaryl/α,β-unsaturated/α-hetero) is 1. The average Bonchev–Trinajstić information content (AvgIpc) is 2.72. The number of aromatic hydroxyl groups is 3. The number of ketones is 1. The van der Waals surface area contributed by atoms with Gasteiger partial charge < -0.3 is 24.8 Å². The number of fused-ring (bicyclic) bond motifs is 1. The number of allylic oxidation sites excluding steroid dienone is 4. The number of carbonyl (C=O) groups excluding carboxylic acids is 1. The number of hydrogen-bond acceptors (Lipinski definition) is 6. The van der Waals surface area contributed by atoms with Crippen LogP contribution in [0.5, 0.6) is 28.7 Å². The molecule has 2 aromatic rings. The second kappa shape index (κ2) is 9.39. The number of phenolic OH excluding ortho intramolecular Hbond substituents is 3. The summed E-state index contributed by atoms with van der Waals surface area (Å²) in [6.07, 6.45) is 4.73. The second-order valence-corrected chi connectivity index (χ2v) is 8.48. The lowest BCUT2D eigenvalue weighted by Gasteiger charge is -2.28. The smallest absolute Gasteiger partial charge is 0.181 e. The summed E-state index contributed by atoms with van der Waals surface area (Å²) in [5, 5.41) is 31.2. The summed E-state index contributed by atoms with van der Waals surface area (Å²) in [5.74, 6) is -0.759. The van der Waals surface area contributed by atoms with Crippen molar-refractivity contribution in [3.05, 3.63) is 63.8 Å². The van der Waals surface area contributed by atoms with Crippen molar-refractivity contribution in [2.45, 2.75) is 46.5 Å². The van der Waals surface area contributed by atoms with Crippen LogP contribution in [0.15, 0.2) is 41.5 Å². The van der Waals surface area contributed by atoms with E-state index in [1.54, 1.807) is 12.1 Å². The summed E-state index contributed by atoms with van der Waals surface area (Å²) < 4.78 is 11.6. The van der Waals surface area contributed by atoms with E-state index in [9.17, 15) is 20.1 Å². The molecule has 0 aliphatic carbocycles. The normalized spacial score (nSPS) is 14.9. The maximum atomic E-state index is 13.5. The van der Waals surface area contributed by atoms with Crippen molar-refractivity contribution < 1.29 is 29.6 Å². The van der Waals surface area contributed by atoms with E-state index in [0.717, 1.165) is 11.1 Å². The lowest BCUT2D eigenvalue weighted by Crippen LogP contribution is -2.27. The summed E-state index contributed by atoms with van der Waals surface area (Å²) in [6, 6.07) is 4.38. The molecule has 6 nitrogen and oxygen atoms in total. The molecule has 1 atom stereocenters. The number of carbonyl (C=O) groups is 1. The van der Waals surface area contributed by atoms with Crippen molar-refractivity contribution in [2.24, 2.45) is 0 Å². The molecule has 32 heavy (non-hydrogen) atoms. The van der Waals surface area contributed by atoms with E-state index < -0.39 is 5.92 Å². The van der Waals surface area contributed by atoms with Crippen molar-refractivity contribution in [3.63, 3.8) is 0 Å². The molecule has 1 heterocycles. The molecule has 0 spiro atoms. The van der Waals surface area contributed by atoms with Crippen molar-refractivity contribution in [3.8, 4) is 28.7 Å². The fourth-order valence-electron chi connectivity index (χ4n) is 3.88. The van der Waals surface area contributed by atoms with Crippen LogP contribution in [-0.4, -0.2) is 34.8 Å². The highest BCUT2D eigenvalue weighted by Crippen LogP contribution is 2.46. The van der Waals surface area contributed by atoms with Crippen LogP contribution in [0.2, 0.25) is 0 Å². The fraction of sp³-hybridized carbons (Fsp3) is 0.346. The molecule has 3 N–H and O–H groups in total. The first-order valence-electron chi connectivity index (χ1n) is 10.6. The molecule has 6 heteroatoms. The average molecular weight is 439 g/mol. The predicted molar refractivity (Wildman–Crippen MR) is 123 cm³/mol. The van der Waals surface area contributed by atoms with Crippen molar-refractivity contribution >= 4 is 5.78 Å². The molecule has 0 amide bonds. The van der Waals surface area contributed by atoms with Crippen LogP contribution >= 0.6 is 0 Å². The van der Waals surface area contributed by atoms with Crippen LogP contribution in [0.3, 0.4) is 0 Å². The SMILES string of the molecule is COc1c([C@@H]2COc3c(CC=C(C)C)c(O)cc(O)c3C2=O)ccc(O)c1CC=C(C)C. The van der Waals surface area contributed by atoms with E-state index in [4.69, 9.17) is 9.47 Å². The largest absolute Gasteiger partial charge is 0.508 e. The minimum absolute atomic E-state index is 0.0275. The van der Waals surface area contributed by atoms with E-state index >= 15 is 0 Å². The summed E-state index contributed by atoms with van der Waals surface area (Å²) >= 11 is 0. The third-order valence-corrected chi connectivity index (χ3v) is 5.57. The van der Waals surface area contributed by atoms with Gasteiger partial charge in [-0.1, -0.05) is 29.4 Å². The molecule has 1 aliphatic heterocycles. The number of ether oxygens (including phenoxy) is 2. The minimum atomic E-state index is -0.727. The Morgan fingerprint density at radius 3 is 2.22 bits per heavy atom. The molecule has 0 radical (unpaired) electrons. The first-order chi connectivity index (χ1) is 15.1. The number of hydrogen-bond donors (Lipinski definition) is 3. The minimum Gasteiger partial charge on any atom is -0.508 e. The number of rotatable bonds is 6. The highest BCUT2D eigenvalue weighted by molar-refractivity contribution is 6.07. The summed E-state index contributed by atoms with van der Waals surface area (Å²) in [4.78, 5) is 13.5. The molecule has 0 aromatic heterocycles. The Labute approximate surface area is 188 Å². The molecule has 1 aliphatic rings. The van der Waals surface area contributed by atoms with Gasteiger partial charge in [0.15, 0.2) is 5.78 Å². The monoisotopic (exact) mass is 438 g/mol. The maximum absolute atomic E-state index is 13.5. The second-order valence-electron chi connectivity index (χ2n) is 8.48. The van der Waals surface area contributed by atoms with Crippen LogP contribution in [0.4, 0.5) is 0 Å². The fourth-order valence-corrected chi connectivity index (χ4v) is 3.88. The first-order valence-corrected chi connectivity index (χ1v) is 10.6. The van der Waals surface area contributed by atoms with Crippen LogP contribution in [0.25, 0.3) is 0 Å². The highest BCUT2D eigenvalue weighted by atomic mass is 16.5. The lowest BCUT2D eigenvalue weighted by atomic mass is 9.85. The molecule has 0 fully saturated rings. The summed E-state index contributed by atoms with van der Waals surface area (Å²) in [7, 11) is 1.50. The van der Waals surface area contributed by atoms with Gasteiger partial charge in [0.25, 0.3) is 0 Å². The molecule has 0 saturated carbocycles. The molecule has 3 rings (SSSR count). The van der Waals surface area contributed by atoms with Gasteiger partial charge in [0, 0.05) is 22.8 Å². The van der Waals surface area contributed by atoms with Gasteiger partial charge in [-0.15, -0.1) is 0 Å². The number of methoxy groups -OCH3 is 1. The molecule has 170 valence electrons. The Hall–Kier alpha value is -3.41. The Morgan fingerprint density at radius 2 is 1.62 bits per heavy atom. The summed E-state index contributed by atoms with van der Waals surface area (Å²) in [6.45, 7) is 7.84. The van der Waals surface area contributed by atoms with E-state index in [1.807, 2.05) is 39.8 Å². The van der Waals surface area contributed by atoms with Gasteiger partial charge in [-0.05, 0) is 46.6 Å². The third-order valence-electron chi connectivity index (χ3n) is 5.57. The standard InChI is InChI=1S/C26H30O6/c1-14(2)6-8-17-20(27)11-10-16(25(17)31-5)19-13-32-26-18(9-7-15(3)4)21(28)12-22(29)23(26)24(19)30/h6-7,10-12,19,27-29H,8-9,13H2,1-5H3/t19-/m0/s1. The Balaban J connectivity index is 2.09. The van der Waals surface area contributed by atoms with Crippen molar-refractivity contribution in [1.29, 1.82) is 0 Å². The lowest BCUT2D eigenvalue weighted by molar-refractivity contribution is 0.0888. The summed E-state index contributed by atoms with van der Waals surface area (Å²) in [5.41, 5.74) is 3.84. The van der Waals surface area contributed by atoms with Crippen LogP contribution < -0.4 is 9.47 Å². The van der Waals surface area contributed by atoms with Crippen LogP contribution in [0.1, 0.15) is 60.7 Å². The van der Waals surface area contributed by atoms with E-state index in [2.05, 4.69) is 0 Å². The first kappa shape index (κ1) is 23.3. The maximum Gasteiger partial charge on any atom is 0.181 e. The van der Waals surface area contributed by atoms with Crippen LogP contribution in [0, 0.1) is 0 Å². The Kier molecular flexibility index (Phi) is 6.82. The predicted octanol–water partition coefficient (Wildman–Crippen LogP) is 5.19. The molecule has 2 aromatic carbocycles. The molecule has 0 bridgehead atoms. The molecule has 0 saturated heterocycles.